The Morgan fingerprint density at radius 1 is 1.23 bits per heavy atom. The maximum absolute atomic E-state index is 11.3. The van der Waals surface area contributed by atoms with Gasteiger partial charge in [-0.25, -0.2) is 22.7 Å². The molecule has 0 bridgehead atoms. The number of esters is 1. The van der Waals surface area contributed by atoms with Crippen molar-refractivity contribution >= 4 is 23.0 Å². The Hall–Kier alpha value is -1.32. The molecule has 0 aliphatic carbocycles. The lowest BCUT2D eigenvalue weighted by molar-refractivity contribution is -0.192. The van der Waals surface area contributed by atoms with Crippen LogP contribution < -0.4 is 4.72 Å². The fourth-order valence-corrected chi connectivity index (χ4v) is 0.434. The van der Waals surface area contributed by atoms with Gasteiger partial charge in [-0.2, -0.15) is 13.2 Å². The van der Waals surface area contributed by atoms with E-state index in [4.69, 9.17) is 0 Å². The summed E-state index contributed by atoms with van der Waals surface area (Å²) in [7, 11) is -3.45. The van der Waals surface area contributed by atoms with E-state index in [9.17, 15) is 31.2 Å². The van der Waals surface area contributed by atoms with Crippen LogP contribution in [-0.4, -0.2) is 26.7 Å². The Balaban J connectivity index is 4.16. The Kier molecular flexibility index (Phi) is 3.66. The number of nitrogens with one attached hydrogen (secondary N) is 1. The van der Waals surface area contributed by atoms with E-state index in [1.54, 1.807) is 0 Å². The summed E-state index contributed by atoms with van der Waals surface area (Å²) in [6.07, 6.45) is -7.34. The van der Waals surface area contributed by atoms with E-state index in [0.29, 0.717) is 0 Å². The van der Waals surface area contributed by atoms with E-state index in [-0.39, 0.29) is 0 Å². The summed E-state index contributed by atoms with van der Waals surface area (Å²) in [6, 6.07) is 0. The topological polar surface area (TPSA) is 89.5 Å². The number of amides is 1. The molecule has 0 aliphatic rings. The van der Waals surface area contributed by atoms with Gasteiger partial charge in [-0.05, 0) is 0 Å². The molecule has 0 spiro atoms. The van der Waals surface area contributed by atoms with E-state index in [2.05, 4.69) is 4.74 Å². The second kappa shape index (κ2) is 4.07. The van der Waals surface area contributed by atoms with Gasteiger partial charge in [-0.15, -0.1) is 0 Å². The molecule has 6 nitrogen and oxygen atoms in total. The van der Waals surface area contributed by atoms with E-state index in [1.807, 2.05) is 0 Å². The fraction of sp³-hybridized carbons (Fsp3) is 0.333. The first-order chi connectivity index (χ1) is 5.73. The molecule has 0 atom stereocenters. The second-order valence-electron chi connectivity index (χ2n) is 1.54. The molecule has 0 saturated heterocycles. The fourth-order valence-electron chi connectivity index (χ4n) is 0.239. The van der Waals surface area contributed by atoms with Crippen molar-refractivity contribution in [2.24, 2.45) is 0 Å². The number of ether oxygens (including phenoxy) is 1. The van der Waals surface area contributed by atoms with Crippen LogP contribution in [0.4, 0.5) is 18.0 Å². The van der Waals surface area contributed by atoms with Crippen LogP contribution in [0.1, 0.15) is 0 Å². The first-order valence-electron chi connectivity index (χ1n) is 2.47. The zero-order valence-electron chi connectivity index (χ0n) is 5.62. The SMILES string of the molecule is O=C(N[SH](=O)=O)OC(=O)C(F)(F)F. The molecule has 76 valence electrons. The number of halogens is 3. The summed E-state index contributed by atoms with van der Waals surface area (Å²) in [5.74, 6) is -2.79. The van der Waals surface area contributed by atoms with Crippen LogP contribution in [0.15, 0.2) is 0 Å². The lowest BCUT2D eigenvalue weighted by Gasteiger charge is -2.03. The molecule has 0 aromatic heterocycles. The molecule has 10 heteroatoms. The molecule has 0 unspecified atom stereocenters. The van der Waals surface area contributed by atoms with Gasteiger partial charge < -0.3 is 4.74 Å². The zero-order valence-corrected chi connectivity index (χ0v) is 6.52. The average Bonchev–Trinajstić information content (AvgIpc) is 1.82. The highest BCUT2D eigenvalue weighted by atomic mass is 32.2. The highest BCUT2D eigenvalue weighted by Crippen LogP contribution is 2.16. The van der Waals surface area contributed by atoms with Gasteiger partial charge in [0.1, 0.15) is 0 Å². The van der Waals surface area contributed by atoms with Crippen molar-refractivity contribution in [1.82, 2.24) is 4.72 Å². The third-order valence-electron chi connectivity index (χ3n) is 0.599. The quantitative estimate of drug-likeness (QED) is 0.348. The molecule has 0 heterocycles. The Morgan fingerprint density at radius 2 is 1.69 bits per heavy atom. The summed E-state index contributed by atoms with van der Waals surface area (Å²) in [5, 5.41) is 0. The van der Waals surface area contributed by atoms with Gasteiger partial charge in [0.25, 0.3) is 0 Å². The Bertz CT molecular complexity index is 286. The maximum Gasteiger partial charge on any atom is 0.491 e. The van der Waals surface area contributed by atoms with Crippen molar-refractivity contribution in [1.29, 1.82) is 0 Å². The number of alkyl halides is 3. The van der Waals surface area contributed by atoms with Crippen LogP contribution in [0.5, 0.6) is 0 Å². The minimum Gasteiger partial charge on any atom is -0.369 e. The standard InChI is InChI=1S/C3H2F3NO5S/c4-3(5,6)1(8)12-2(9)7-13(10)11/h13H,(H,7,9,10,11). The lowest BCUT2D eigenvalue weighted by atomic mass is 10.7. The minimum atomic E-state index is -5.34. The molecule has 0 saturated carbocycles. The Labute approximate surface area is 70.7 Å². The van der Waals surface area contributed by atoms with Gasteiger partial charge in [-0.1, -0.05) is 0 Å². The van der Waals surface area contributed by atoms with Gasteiger partial charge in [0.2, 0.25) is 10.9 Å². The number of thiol groups is 1. The summed E-state index contributed by atoms with van der Waals surface area (Å²) in [4.78, 5) is 19.9. The van der Waals surface area contributed by atoms with Crippen LogP contribution in [-0.2, 0) is 20.4 Å². The van der Waals surface area contributed by atoms with Crippen LogP contribution in [0, 0.1) is 0 Å². The predicted molar refractivity (Wildman–Crippen MR) is 31.0 cm³/mol. The number of carbonyl (C=O) groups excluding carboxylic acids is 2. The number of carbonyl (C=O) groups is 2. The molecule has 0 rings (SSSR count). The third kappa shape index (κ3) is 5.00. The highest BCUT2D eigenvalue weighted by molar-refractivity contribution is 7.70. The van der Waals surface area contributed by atoms with E-state index < -0.39 is 29.1 Å². The smallest absolute Gasteiger partial charge is 0.369 e. The summed E-state index contributed by atoms with van der Waals surface area (Å²) in [6.45, 7) is 0. The average molecular weight is 221 g/mol. The van der Waals surface area contributed by atoms with Crippen molar-refractivity contribution in [3.8, 4) is 0 Å². The van der Waals surface area contributed by atoms with Gasteiger partial charge >= 0.3 is 18.2 Å². The van der Waals surface area contributed by atoms with Crippen LogP contribution in [0.25, 0.3) is 0 Å². The second-order valence-corrected chi connectivity index (χ2v) is 2.28. The molecule has 0 radical (unpaired) electrons. The molecule has 0 aromatic carbocycles. The summed E-state index contributed by atoms with van der Waals surface area (Å²) in [5.41, 5.74) is 0. The molecule has 1 N–H and O–H groups in total. The monoisotopic (exact) mass is 221 g/mol. The van der Waals surface area contributed by atoms with Crippen molar-refractivity contribution < 1.29 is 35.9 Å². The van der Waals surface area contributed by atoms with Crippen LogP contribution in [0.2, 0.25) is 0 Å². The third-order valence-corrected chi connectivity index (χ3v) is 0.965. The van der Waals surface area contributed by atoms with E-state index in [1.165, 1.54) is 0 Å². The van der Waals surface area contributed by atoms with Crippen LogP contribution >= 0.6 is 0 Å². The molecular weight excluding hydrogens is 219 g/mol. The number of rotatable bonds is 1. The Morgan fingerprint density at radius 3 is 2.00 bits per heavy atom. The molecular formula is C3H2F3NO5S. The normalized spacial score (nSPS) is 11.1. The molecule has 13 heavy (non-hydrogen) atoms. The van der Waals surface area contributed by atoms with Crippen LogP contribution in [0.3, 0.4) is 0 Å². The van der Waals surface area contributed by atoms with Crippen molar-refractivity contribution in [2.45, 2.75) is 6.18 Å². The lowest BCUT2D eigenvalue weighted by Crippen LogP contribution is -2.32. The maximum atomic E-state index is 11.3. The molecule has 1 amide bonds. The molecule has 0 aromatic rings. The van der Waals surface area contributed by atoms with Crippen molar-refractivity contribution in [3.63, 3.8) is 0 Å². The number of hydrogen-bond donors (Lipinski definition) is 2. The highest BCUT2D eigenvalue weighted by Gasteiger charge is 2.42. The van der Waals surface area contributed by atoms with Gasteiger partial charge in [0.05, 0.1) is 0 Å². The number of hydrogen-bond acceptors (Lipinski definition) is 5. The largest absolute Gasteiger partial charge is 0.491 e. The van der Waals surface area contributed by atoms with Crippen molar-refractivity contribution in [3.05, 3.63) is 0 Å². The summed E-state index contributed by atoms with van der Waals surface area (Å²) >= 11 is 0. The first-order valence-corrected chi connectivity index (χ1v) is 3.65. The molecule has 0 fully saturated rings. The minimum absolute atomic E-state index is 0.917. The van der Waals surface area contributed by atoms with E-state index >= 15 is 0 Å². The first kappa shape index (κ1) is 11.7. The van der Waals surface area contributed by atoms with E-state index in [0.717, 1.165) is 4.72 Å². The summed E-state index contributed by atoms with van der Waals surface area (Å²) < 4.78 is 57.3. The van der Waals surface area contributed by atoms with Gasteiger partial charge in [0.15, 0.2) is 0 Å². The zero-order chi connectivity index (χ0) is 10.6. The van der Waals surface area contributed by atoms with Crippen molar-refractivity contribution in [2.75, 3.05) is 0 Å². The molecule has 0 aliphatic heterocycles. The van der Waals surface area contributed by atoms with Gasteiger partial charge in [0, 0.05) is 0 Å². The van der Waals surface area contributed by atoms with Gasteiger partial charge in [-0.3, -0.25) is 0 Å². The predicted octanol–water partition coefficient (Wildman–Crippen LogP) is -0.672.